The molecule has 1 aromatic heterocycles. The summed E-state index contributed by atoms with van der Waals surface area (Å²) < 4.78 is 12.2. The Kier molecular flexibility index (Phi) is 6.37. The summed E-state index contributed by atoms with van der Waals surface area (Å²) in [6, 6.07) is 15.6. The van der Waals surface area contributed by atoms with E-state index in [1.807, 2.05) is 37.3 Å². The molecule has 0 bridgehead atoms. The van der Waals surface area contributed by atoms with E-state index in [1.165, 1.54) is 25.4 Å². The Morgan fingerprint density at radius 2 is 1.82 bits per heavy atom. The van der Waals surface area contributed by atoms with Crippen LogP contribution >= 0.6 is 11.3 Å². The third kappa shape index (κ3) is 4.42. The molecular weight excluding hydrogens is 440 g/mol. The summed E-state index contributed by atoms with van der Waals surface area (Å²) in [5.74, 6) is -0.467. The van der Waals surface area contributed by atoms with Gasteiger partial charge in [-0.1, -0.05) is 60.7 Å². The van der Waals surface area contributed by atoms with Gasteiger partial charge in [0, 0.05) is 6.92 Å². The first-order valence-corrected chi connectivity index (χ1v) is 11.2. The minimum atomic E-state index is -0.627. The average Bonchev–Trinajstić information content (AvgIpc) is 3.13. The molecule has 0 saturated carbocycles. The molecule has 0 aliphatic carbocycles. The maximum Gasteiger partial charge on any atom is 0.338 e. The van der Waals surface area contributed by atoms with E-state index in [4.69, 9.17) is 9.47 Å². The van der Waals surface area contributed by atoms with Gasteiger partial charge in [0.1, 0.15) is 5.75 Å². The lowest BCUT2D eigenvalue weighted by molar-refractivity contribution is -0.136. The number of hydrogen-bond acceptors (Lipinski definition) is 7. The number of allylic oxidation sites excluding steroid dienone is 1. The highest BCUT2D eigenvalue weighted by Gasteiger charge is 2.33. The number of ether oxygens (including phenoxy) is 2. The number of esters is 2. The highest BCUT2D eigenvalue weighted by Crippen LogP contribution is 2.31. The van der Waals surface area contributed by atoms with Gasteiger partial charge in [-0.2, -0.15) is 0 Å². The first-order valence-electron chi connectivity index (χ1n) is 10.4. The number of hydrogen-bond donors (Lipinski definition) is 0. The number of aromatic nitrogens is 1. The molecule has 0 spiro atoms. The molecule has 0 unspecified atom stereocenters. The zero-order chi connectivity index (χ0) is 23.5. The summed E-state index contributed by atoms with van der Waals surface area (Å²) in [7, 11) is 1.33. The third-order valence-electron chi connectivity index (χ3n) is 5.21. The van der Waals surface area contributed by atoms with Gasteiger partial charge in [-0.25, -0.2) is 9.79 Å². The van der Waals surface area contributed by atoms with Gasteiger partial charge in [0.2, 0.25) is 0 Å². The molecule has 2 aromatic carbocycles. The van der Waals surface area contributed by atoms with E-state index < -0.39 is 18.0 Å². The minimum Gasteiger partial charge on any atom is -0.466 e. The van der Waals surface area contributed by atoms with Gasteiger partial charge in [0.15, 0.2) is 4.80 Å². The van der Waals surface area contributed by atoms with Crippen LogP contribution < -0.4 is 19.6 Å². The fourth-order valence-electron chi connectivity index (χ4n) is 3.76. The molecular formula is C25H22N2O5S. The van der Waals surface area contributed by atoms with E-state index in [0.29, 0.717) is 32.8 Å². The summed E-state index contributed by atoms with van der Waals surface area (Å²) in [6.45, 7) is 3.26. The molecule has 168 valence electrons. The quantitative estimate of drug-likeness (QED) is 0.430. The molecule has 0 fully saturated rings. The molecule has 1 aliphatic heterocycles. The number of carbonyl (C=O) groups is 2. The molecule has 8 heteroatoms. The molecule has 33 heavy (non-hydrogen) atoms. The predicted octanol–water partition coefficient (Wildman–Crippen LogP) is 2.72. The number of nitrogens with zero attached hydrogens (tertiary/aromatic N) is 2. The lowest BCUT2D eigenvalue weighted by Gasteiger charge is -2.25. The van der Waals surface area contributed by atoms with Crippen molar-refractivity contribution < 1.29 is 19.1 Å². The number of thiazole rings is 1. The standard InChI is InChI=1S/C25H22N2O5S/c1-4-19-21(24(30)31-3)22(17-8-6-5-7-9-17)27-23(29)20(33-25(27)26-19)14-16-10-12-18(13-11-16)32-15(2)28/h5-14,22H,4H2,1-3H3/b20-14+/t22-/m0/s1. The fraction of sp³-hybridized carbons (Fsp3) is 0.200. The Labute approximate surface area is 193 Å². The Hall–Kier alpha value is -3.78. The van der Waals surface area contributed by atoms with Crippen molar-refractivity contribution in [2.45, 2.75) is 26.3 Å². The number of carbonyl (C=O) groups excluding carboxylic acids is 2. The third-order valence-corrected chi connectivity index (χ3v) is 6.19. The van der Waals surface area contributed by atoms with Crippen molar-refractivity contribution in [2.24, 2.45) is 4.99 Å². The van der Waals surface area contributed by atoms with E-state index in [1.54, 1.807) is 34.9 Å². The van der Waals surface area contributed by atoms with Gasteiger partial charge in [0.05, 0.1) is 29.0 Å². The lowest BCUT2D eigenvalue weighted by atomic mass is 9.95. The second kappa shape index (κ2) is 9.38. The van der Waals surface area contributed by atoms with Crippen LogP contribution in [-0.2, 0) is 14.3 Å². The highest BCUT2D eigenvalue weighted by molar-refractivity contribution is 7.07. The summed E-state index contributed by atoms with van der Waals surface area (Å²) in [4.78, 5) is 42.5. The zero-order valence-electron chi connectivity index (χ0n) is 18.4. The maximum absolute atomic E-state index is 13.5. The van der Waals surface area contributed by atoms with Crippen molar-refractivity contribution in [3.8, 4) is 5.75 Å². The first-order chi connectivity index (χ1) is 15.9. The predicted molar refractivity (Wildman–Crippen MR) is 125 cm³/mol. The monoisotopic (exact) mass is 462 g/mol. The summed E-state index contributed by atoms with van der Waals surface area (Å²) in [5, 5.41) is 0. The number of benzene rings is 2. The molecule has 0 N–H and O–H groups in total. The molecule has 3 aromatic rings. The van der Waals surface area contributed by atoms with Gasteiger partial charge in [-0.3, -0.25) is 14.2 Å². The lowest BCUT2D eigenvalue weighted by Crippen LogP contribution is -2.40. The number of fused-ring (bicyclic) bond motifs is 1. The summed E-state index contributed by atoms with van der Waals surface area (Å²) in [5.41, 5.74) is 2.31. The molecule has 1 aliphatic rings. The fourth-order valence-corrected chi connectivity index (χ4v) is 4.78. The van der Waals surface area contributed by atoms with E-state index in [-0.39, 0.29) is 5.56 Å². The maximum atomic E-state index is 13.5. The molecule has 1 atom stereocenters. The van der Waals surface area contributed by atoms with Crippen LogP contribution in [0, 0.1) is 0 Å². The number of methoxy groups -OCH3 is 1. The second-order valence-corrected chi connectivity index (χ2v) is 8.37. The highest BCUT2D eigenvalue weighted by atomic mass is 32.1. The molecule has 4 rings (SSSR count). The molecule has 7 nitrogen and oxygen atoms in total. The Morgan fingerprint density at radius 3 is 2.42 bits per heavy atom. The summed E-state index contributed by atoms with van der Waals surface area (Å²) in [6.07, 6.45) is 2.29. The van der Waals surface area contributed by atoms with Crippen molar-refractivity contribution in [3.63, 3.8) is 0 Å². The van der Waals surface area contributed by atoms with Crippen LogP contribution in [-0.4, -0.2) is 23.6 Å². The van der Waals surface area contributed by atoms with Crippen molar-refractivity contribution in [2.75, 3.05) is 7.11 Å². The molecule has 2 heterocycles. The molecule has 0 radical (unpaired) electrons. The summed E-state index contributed by atoms with van der Waals surface area (Å²) >= 11 is 1.27. The van der Waals surface area contributed by atoms with Crippen molar-refractivity contribution in [3.05, 3.63) is 96.7 Å². The van der Waals surface area contributed by atoms with Crippen LogP contribution in [0.2, 0.25) is 0 Å². The van der Waals surface area contributed by atoms with Crippen LogP contribution in [0.25, 0.3) is 6.08 Å². The second-order valence-electron chi connectivity index (χ2n) is 7.36. The smallest absolute Gasteiger partial charge is 0.338 e. The van der Waals surface area contributed by atoms with Crippen LogP contribution in [0.5, 0.6) is 5.75 Å². The Balaban J connectivity index is 1.89. The zero-order valence-corrected chi connectivity index (χ0v) is 19.2. The van der Waals surface area contributed by atoms with Gasteiger partial charge < -0.3 is 9.47 Å². The van der Waals surface area contributed by atoms with Crippen molar-refractivity contribution in [1.29, 1.82) is 0 Å². The average molecular weight is 463 g/mol. The van der Waals surface area contributed by atoms with Crippen molar-refractivity contribution >= 4 is 29.4 Å². The minimum absolute atomic E-state index is 0.242. The van der Waals surface area contributed by atoms with Crippen LogP contribution in [0.1, 0.15) is 37.4 Å². The first kappa shape index (κ1) is 22.4. The van der Waals surface area contributed by atoms with E-state index >= 15 is 0 Å². The molecule has 0 amide bonds. The van der Waals surface area contributed by atoms with Crippen LogP contribution in [0.15, 0.2) is 75.7 Å². The van der Waals surface area contributed by atoms with Gasteiger partial charge in [-0.15, -0.1) is 0 Å². The topological polar surface area (TPSA) is 87.0 Å². The van der Waals surface area contributed by atoms with Gasteiger partial charge in [-0.05, 0) is 35.8 Å². The van der Waals surface area contributed by atoms with E-state index in [0.717, 1.165) is 11.1 Å². The van der Waals surface area contributed by atoms with Gasteiger partial charge >= 0.3 is 11.9 Å². The van der Waals surface area contributed by atoms with Gasteiger partial charge in [0.25, 0.3) is 5.56 Å². The van der Waals surface area contributed by atoms with E-state index in [2.05, 4.69) is 4.99 Å². The number of rotatable bonds is 5. The SMILES string of the molecule is CCC1=C(C(=O)OC)[C@H](c2ccccc2)n2c(s/c(=C/c3ccc(OC(C)=O)cc3)c2=O)=N1. The van der Waals surface area contributed by atoms with Crippen LogP contribution in [0.3, 0.4) is 0 Å². The normalized spacial score (nSPS) is 15.6. The van der Waals surface area contributed by atoms with E-state index in [9.17, 15) is 14.4 Å². The van der Waals surface area contributed by atoms with Crippen LogP contribution in [0.4, 0.5) is 0 Å². The largest absolute Gasteiger partial charge is 0.466 e. The molecule has 0 saturated heterocycles. The Morgan fingerprint density at radius 1 is 1.12 bits per heavy atom. The Bertz CT molecular complexity index is 1420. The van der Waals surface area contributed by atoms with Crippen molar-refractivity contribution in [1.82, 2.24) is 4.57 Å².